The monoisotopic (exact) mass is 413 g/mol. The van der Waals surface area contributed by atoms with Gasteiger partial charge in [0, 0.05) is 18.7 Å². The number of hydrogen-bond donors (Lipinski definition) is 2. The maximum atomic E-state index is 13.3. The zero-order valence-corrected chi connectivity index (χ0v) is 17.8. The van der Waals surface area contributed by atoms with E-state index in [0.717, 1.165) is 32.2 Å². The summed E-state index contributed by atoms with van der Waals surface area (Å²) >= 11 is 6.18. The molecule has 0 spiro atoms. The van der Waals surface area contributed by atoms with E-state index in [9.17, 15) is 4.79 Å². The zero-order chi connectivity index (χ0) is 20.6. The average Bonchev–Trinajstić information content (AvgIpc) is 2.88. The normalized spacial score (nSPS) is 23.8. The zero-order valence-electron chi connectivity index (χ0n) is 17.0. The quantitative estimate of drug-likeness (QED) is 0.707. The highest BCUT2D eigenvalue weighted by molar-refractivity contribution is 6.33. The number of carbonyl (C=O) groups is 1. The molecule has 2 aliphatic heterocycles. The van der Waals surface area contributed by atoms with Crippen molar-refractivity contribution in [2.45, 2.75) is 57.3 Å². The summed E-state index contributed by atoms with van der Waals surface area (Å²) in [4.78, 5) is 15.8. The topological polar surface area (TPSA) is 67.6 Å². The molecule has 2 aromatic carbocycles. The van der Waals surface area contributed by atoms with Crippen LogP contribution >= 0.6 is 11.6 Å². The Morgan fingerprint density at radius 2 is 2.03 bits per heavy atom. The highest BCUT2D eigenvalue weighted by atomic mass is 35.5. The molecule has 2 unspecified atom stereocenters. The number of nitrogens with zero attached hydrogens (tertiary/aromatic N) is 1. The predicted molar refractivity (Wildman–Crippen MR) is 116 cm³/mol. The first-order chi connectivity index (χ1) is 13.9. The molecule has 2 atom stereocenters. The largest absolute Gasteiger partial charge is 0.496 e. The molecule has 154 valence electrons. The Morgan fingerprint density at radius 3 is 2.76 bits per heavy atom. The Morgan fingerprint density at radius 1 is 1.28 bits per heavy atom. The minimum absolute atomic E-state index is 0.166. The van der Waals surface area contributed by atoms with Crippen LogP contribution in [-0.4, -0.2) is 29.6 Å². The van der Waals surface area contributed by atoms with Crippen molar-refractivity contribution in [1.82, 2.24) is 10.2 Å². The van der Waals surface area contributed by atoms with Gasteiger partial charge in [-0.1, -0.05) is 41.4 Å². The van der Waals surface area contributed by atoms with Gasteiger partial charge >= 0.3 is 0 Å². The lowest BCUT2D eigenvalue weighted by Gasteiger charge is -2.45. The van der Waals surface area contributed by atoms with Gasteiger partial charge in [-0.15, -0.1) is 0 Å². The van der Waals surface area contributed by atoms with E-state index in [-0.39, 0.29) is 11.6 Å². The predicted octanol–water partition coefficient (Wildman–Crippen LogP) is 4.51. The number of methoxy groups -OCH3 is 1. The van der Waals surface area contributed by atoms with Crippen molar-refractivity contribution in [3.8, 4) is 5.75 Å². The first-order valence-electron chi connectivity index (χ1n) is 10.2. The number of amides is 1. The number of nitrogen functional groups attached to an aromatic ring is 1. The third-order valence-electron chi connectivity index (χ3n) is 6.39. The van der Waals surface area contributed by atoms with Gasteiger partial charge in [0.05, 0.1) is 29.0 Å². The second-order valence-corrected chi connectivity index (χ2v) is 8.67. The number of anilines is 1. The van der Waals surface area contributed by atoms with Crippen molar-refractivity contribution in [3.63, 3.8) is 0 Å². The van der Waals surface area contributed by atoms with Crippen molar-refractivity contribution in [1.29, 1.82) is 0 Å². The number of halogens is 1. The number of carbonyl (C=O) groups excluding carboxylic acids is 1. The van der Waals surface area contributed by atoms with Crippen molar-refractivity contribution in [2.75, 3.05) is 12.8 Å². The standard InChI is InChI=1S/C23H28ClN3O2/c1-15-5-7-16(8-6-15)14-27-17-4-3-10-23(27,11-9-17)26-22(28)18-12-19(24)20(25)13-21(18)29-2/h5-8,12-13,17H,3-4,9-11,14,25H2,1-2H3,(H,26,28). The molecule has 1 amide bonds. The van der Waals surface area contributed by atoms with E-state index >= 15 is 0 Å². The summed E-state index contributed by atoms with van der Waals surface area (Å²) in [5.41, 5.74) is 8.90. The Labute approximate surface area is 177 Å². The second kappa shape index (κ2) is 7.88. The Bertz CT molecular complexity index is 911. The van der Waals surface area contributed by atoms with E-state index in [4.69, 9.17) is 22.1 Å². The molecule has 29 heavy (non-hydrogen) atoms. The summed E-state index contributed by atoms with van der Waals surface area (Å²) in [7, 11) is 1.54. The number of nitrogens with two attached hydrogens (primary N) is 1. The van der Waals surface area contributed by atoms with Crippen LogP contribution in [0.2, 0.25) is 5.02 Å². The molecule has 0 aromatic heterocycles. The fraction of sp³-hybridized carbons (Fsp3) is 0.435. The fourth-order valence-electron chi connectivity index (χ4n) is 4.81. The highest BCUT2D eigenvalue weighted by Crippen LogP contribution is 2.44. The second-order valence-electron chi connectivity index (χ2n) is 8.26. The molecule has 2 bridgehead atoms. The van der Waals surface area contributed by atoms with Gasteiger partial charge in [0.25, 0.3) is 5.91 Å². The van der Waals surface area contributed by atoms with Gasteiger partial charge in [0.15, 0.2) is 0 Å². The SMILES string of the molecule is COc1cc(N)c(Cl)cc1C(=O)NC12CCCC(CC1)N2Cc1ccc(C)cc1. The van der Waals surface area contributed by atoms with E-state index in [0.29, 0.717) is 28.1 Å². The number of nitrogens with one attached hydrogen (secondary N) is 1. The minimum atomic E-state index is -0.330. The Hall–Kier alpha value is -2.24. The number of piperidine rings is 1. The third-order valence-corrected chi connectivity index (χ3v) is 6.72. The van der Waals surface area contributed by atoms with Crippen LogP contribution in [0.4, 0.5) is 5.69 Å². The molecule has 0 aliphatic carbocycles. The van der Waals surface area contributed by atoms with E-state index in [1.807, 2.05) is 0 Å². The molecule has 2 saturated heterocycles. The van der Waals surface area contributed by atoms with Crippen molar-refractivity contribution in [3.05, 3.63) is 58.1 Å². The van der Waals surface area contributed by atoms with E-state index in [1.54, 1.807) is 12.1 Å². The van der Waals surface area contributed by atoms with Gasteiger partial charge in [-0.25, -0.2) is 0 Å². The van der Waals surface area contributed by atoms with Gasteiger partial charge in [-0.3, -0.25) is 9.69 Å². The summed E-state index contributed by atoms with van der Waals surface area (Å²) < 4.78 is 5.39. The molecule has 4 rings (SSSR count). The van der Waals surface area contributed by atoms with Crippen molar-refractivity contribution < 1.29 is 9.53 Å². The van der Waals surface area contributed by atoms with Crippen molar-refractivity contribution in [2.24, 2.45) is 0 Å². The summed E-state index contributed by atoms with van der Waals surface area (Å²) in [5, 5.41) is 3.71. The molecule has 5 nitrogen and oxygen atoms in total. The lowest BCUT2D eigenvalue weighted by atomic mass is 9.95. The van der Waals surface area contributed by atoms with E-state index in [2.05, 4.69) is 41.4 Å². The van der Waals surface area contributed by atoms with Gasteiger partial charge in [-0.05, 0) is 50.7 Å². The highest BCUT2D eigenvalue weighted by Gasteiger charge is 2.49. The summed E-state index contributed by atoms with van der Waals surface area (Å²) in [6.45, 7) is 2.94. The van der Waals surface area contributed by atoms with Crippen LogP contribution in [0, 0.1) is 6.92 Å². The van der Waals surface area contributed by atoms with E-state index < -0.39 is 0 Å². The van der Waals surface area contributed by atoms with Crippen LogP contribution in [0.1, 0.15) is 53.6 Å². The van der Waals surface area contributed by atoms with Crippen molar-refractivity contribution >= 4 is 23.2 Å². The van der Waals surface area contributed by atoms with Crippen LogP contribution in [0.5, 0.6) is 5.75 Å². The first kappa shape index (κ1) is 20.0. The molecule has 2 aromatic rings. The number of ether oxygens (including phenoxy) is 1. The van der Waals surface area contributed by atoms with Gasteiger partial charge < -0.3 is 15.8 Å². The lowest BCUT2D eigenvalue weighted by Crippen LogP contribution is -2.60. The Kier molecular flexibility index (Phi) is 5.45. The molecular weight excluding hydrogens is 386 g/mol. The summed E-state index contributed by atoms with van der Waals surface area (Å²) in [5.74, 6) is 0.274. The Balaban J connectivity index is 1.61. The van der Waals surface area contributed by atoms with Crippen LogP contribution in [0.3, 0.4) is 0 Å². The number of fused-ring (bicyclic) bond motifs is 2. The number of benzene rings is 2. The molecule has 0 saturated carbocycles. The van der Waals surface area contributed by atoms with Gasteiger partial charge in [0.2, 0.25) is 0 Å². The van der Waals surface area contributed by atoms with E-state index in [1.165, 1.54) is 24.7 Å². The summed E-state index contributed by atoms with van der Waals surface area (Å²) in [6, 6.07) is 12.4. The number of hydrogen-bond acceptors (Lipinski definition) is 4. The maximum Gasteiger partial charge on any atom is 0.256 e. The third kappa shape index (κ3) is 3.81. The molecule has 2 aliphatic rings. The fourth-order valence-corrected chi connectivity index (χ4v) is 4.98. The van der Waals surface area contributed by atoms with Crippen LogP contribution in [0.25, 0.3) is 0 Å². The molecular formula is C23H28ClN3O2. The molecule has 2 fully saturated rings. The number of rotatable bonds is 5. The molecule has 6 heteroatoms. The maximum absolute atomic E-state index is 13.3. The van der Waals surface area contributed by atoms with Crippen LogP contribution in [-0.2, 0) is 6.54 Å². The number of aryl methyl sites for hydroxylation is 1. The molecule has 3 N–H and O–H groups in total. The molecule has 0 radical (unpaired) electrons. The lowest BCUT2D eigenvalue weighted by molar-refractivity contribution is 0.0184. The smallest absolute Gasteiger partial charge is 0.256 e. The first-order valence-corrected chi connectivity index (χ1v) is 10.6. The van der Waals surface area contributed by atoms with Crippen LogP contribution in [0.15, 0.2) is 36.4 Å². The van der Waals surface area contributed by atoms with Crippen LogP contribution < -0.4 is 15.8 Å². The van der Waals surface area contributed by atoms with Gasteiger partial charge in [0.1, 0.15) is 5.75 Å². The van der Waals surface area contributed by atoms with Gasteiger partial charge in [-0.2, -0.15) is 0 Å². The minimum Gasteiger partial charge on any atom is -0.496 e. The summed E-state index contributed by atoms with van der Waals surface area (Å²) in [6.07, 6.45) is 5.31. The molecule has 2 heterocycles. The average molecular weight is 414 g/mol.